The molecule has 0 spiro atoms. The third kappa shape index (κ3) is 2.72. The number of hydrogen-bond donors (Lipinski definition) is 1. The van der Waals surface area contributed by atoms with Crippen LogP contribution in [0, 0.1) is 0 Å². The number of thiophene rings is 1. The van der Waals surface area contributed by atoms with Crippen molar-refractivity contribution in [2.75, 3.05) is 0 Å². The molecule has 0 aliphatic rings. The molecule has 1 unspecified atom stereocenters. The fourth-order valence-corrected chi connectivity index (χ4v) is 2.87. The topological polar surface area (TPSA) is 43.8 Å². The van der Waals surface area contributed by atoms with Gasteiger partial charge >= 0.3 is 0 Å². The highest BCUT2D eigenvalue weighted by Crippen LogP contribution is 2.26. The predicted octanol–water partition coefficient (Wildman–Crippen LogP) is 2.88. The molecule has 0 aromatic carbocycles. The van der Waals surface area contributed by atoms with Crippen LogP contribution >= 0.6 is 27.3 Å². The molecule has 2 aromatic heterocycles. The largest absolute Gasteiger partial charge is 0.324 e. The Morgan fingerprint density at radius 2 is 2.44 bits per heavy atom. The minimum Gasteiger partial charge on any atom is -0.324 e. The molecular weight excluding hydrogens is 286 g/mol. The summed E-state index contributed by atoms with van der Waals surface area (Å²) < 4.78 is 3.04. The first-order chi connectivity index (χ1) is 7.66. The first-order valence-corrected chi connectivity index (χ1v) is 6.80. The molecule has 1 atom stereocenters. The summed E-state index contributed by atoms with van der Waals surface area (Å²) in [6, 6.07) is 4.24. The van der Waals surface area contributed by atoms with Crippen LogP contribution in [0.4, 0.5) is 0 Å². The minimum absolute atomic E-state index is 0.109. The normalized spacial score (nSPS) is 12.9. The van der Waals surface area contributed by atoms with E-state index in [1.165, 1.54) is 11.3 Å². The van der Waals surface area contributed by atoms with E-state index in [1.807, 2.05) is 24.0 Å². The van der Waals surface area contributed by atoms with E-state index in [1.54, 1.807) is 11.3 Å². The van der Waals surface area contributed by atoms with Gasteiger partial charge in [0.1, 0.15) is 0 Å². The highest BCUT2D eigenvalue weighted by Gasteiger charge is 2.09. The molecule has 0 saturated heterocycles. The third-order valence-corrected chi connectivity index (χ3v) is 4.17. The average Bonchev–Trinajstić information content (AvgIpc) is 2.84. The lowest BCUT2D eigenvalue weighted by Crippen LogP contribution is -2.11. The molecule has 86 valence electrons. The zero-order valence-electron chi connectivity index (χ0n) is 9.06. The number of halogens is 1. The maximum absolute atomic E-state index is 6.13. The van der Waals surface area contributed by atoms with Gasteiger partial charge < -0.3 is 5.73 Å². The van der Waals surface area contributed by atoms with Crippen LogP contribution in [0.25, 0.3) is 0 Å². The second-order valence-electron chi connectivity index (χ2n) is 3.78. The highest BCUT2D eigenvalue weighted by molar-refractivity contribution is 9.11. The quantitative estimate of drug-likeness (QED) is 0.943. The van der Waals surface area contributed by atoms with Crippen LogP contribution in [0.15, 0.2) is 27.5 Å². The summed E-state index contributed by atoms with van der Waals surface area (Å²) in [5.74, 6) is 0. The molecule has 16 heavy (non-hydrogen) atoms. The number of aryl methyl sites for hydroxylation is 2. The van der Waals surface area contributed by atoms with E-state index in [-0.39, 0.29) is 6.04 Å². The summed E-state index contributed by atoms with van der Waals surface area (Å²) in [6.45, 7) is 0. The van der Waals surface area contributed by atoms with E-state index in [4.69, 9.17) is 5.73 Å². The van der Waals surface area contributed by atoms with Crippen molar-refractivity contribution in [1.29, 1.82) is 0 Å². The van der Waals surface area contributed by atoms with Crippen molar-refractivity contribution < 1.29 is 0 Å². The molecule has 0 fully saturated rings. The second-order valence-corrected chi connectivity index (χ2v) is 6.07. The smallest absolute Gasteiger partial charge is 0.0701 e. The summed E-state index contributed by atoms with van der Waals surface area (Å²) in [5.41, 5.74) is 8.57. The van der Waals surface area contributed by atoms with Crippen LogP contribution in [0.1, 0.15) is 23.7 Å². The van der Waals surface area contributed by atoms with Gasteiger partial charge in [-0.05, 0) is 51.8 Å². The van der Waals surface area contributed by atoms with Crippen molar-refractivity contribution in [3.63, 3.8) is 0 Å². The van der Waals surface area contributed by atoms with Gasteiger partial charge in [0.2, 0.25) is 0 Å². The Labute approximate surface area is 107 Å². The molecule has 0 aliphatic heterocycles. The summed E-state index contributed by atoms with van der Waals surface area (Å²) in [4.78, 5) is 0. The van der Waals surface area contributed by atoms with E-state index in [9.17, 15) is 0 Å². The molecule has 2 heterocycles. The van der Waals surface area contributed by atoms with Crippen LogP contribution in [0.3, 0.4) is 0 Å². The van der Waals surface area contributed by atoms with Gasteiger partial charge in [0.15, 0.2) is 0 Å². The third-order valence-electron chi connectivity index (χ3n) is 2.65. The molecule has 2 rings (SSSR count). The van der Waals surface area contributed by atoms with Gasteiger partial charge in [-0.3, -0.25) is 4.68 Å². The summed E-state index contributed by atoms with van der Waals surface area (Å²) in [7, 11) is 1.96. The maximum atomic E-state index is 6.13. The Bertz CT molecular complexity index is 463. The van der Waals surface area contributed by atoms with Crippen LogP contribution < -0.4 is 5.73 Å². The first-order valence-electron chi connectivity index (χ1n) is 5.13. The molecule has 0 radical (unpaired) electrons. The van der Waals surface area contributed by atoms with Gasteiger partial charge in [0.25, 0.3) is 0 Å². The van der Waals surface area contributed by atoms with Crippen molar-refractivity contribution in [1.82, 2.24) is 9.78 Å². The molecule has 5 heteroatoms. The Balaban J connectivity index is 1.93. The van der Waals surface area contributed by atoms with Gasteiger partial charge in [0.05, 0.1) is 3.79 Å². The van der Waals surface area contributed by atoms with Crippen LogP contribution in [-0.4, -0.2) is 9.78 Å². The van der Waals surface area contributed by atoms with E-state index in [0.29, 0.717) is 0 Å². The standard InChI is InChI=1S/C11H14BrN3S/c1-15-9(4-5-14-15)2-3-10(13)8-6-11(12)16-7-8/h4-7,10H,2-3,13H2,1H3. The monoisotopic (exact) mass is 299 g/mol. The Morgan fingerprint density at radius 1 is 1.62 bits per heavy atom. The number of rotatable bonds is 4. The molecule has 2 aromatic rings. The Morgan fingerprint density at radius 3 is 3.00 bits per heavy atom. The van der Waals surface area contributed by atoms with Crippen molar-refractivity contribution in [2.24, 2.45) is 12.8 Å². The van der Waals surface area contributed by atoms with E-state index in [0.717, 1.165) is 16.6 Å². The van der Waals surface area contributed by atoms with Crippen LogP contribution in [-0.2, 0) is 13.5 Å². The lowest BCUT2D eigenvalue weighted by molar-refractivity contribution is 0.615. The van der Waals surface area contributed by atoms with E-state index < -0.39 is 0 Å². The number of nitrogens with zero attached hydrogens (tertiary/aromatic N) is 2. The number of aromatic nitrogens is 2. The lowest BCUT2D eigenvalue weighted by atomic mass is 10.1. The predicted molar refractivity (Wildman–Crippen MR) is 70.5 cm³/mol. The first kappa shape index (κ1) is 11.8. The minimum atomic E-state index is 0.109. The molecule has 2 N–H and O–H groups in total. The van der Waals surface area contributed by atoms with Gasteiger partial charge in [-0.15, -0.1) is 11.3 Å². The van der Waals surface area contributed by atoms with Gasteiger partial charge in [-0.25, -0.2) is 0 Å². The SMILES string of the molecule is Cn1nccc1CCC(N)c1csc(Br)c1. The molecule has 0 amide bonds. The summed E-state index contributed by atoms with van der Waals surface area (Å²) in [6.07, 6.45) is 3.73. The molecular formula is C11H14BrN3S. The lowest BCUT2D eigenvalue weighted by Gasteiger charge is -2.09. The second kappa shape index (κ2) is 5.12. The van der Waals surface area contributed by atoms with Crippen molar-refractivity contribution >= 4 is 27.3 Å². The molecule has 0 aliphatic carbocycles. The van der Waals surface area contributed by atoms with Gasteiger partial charge in [0, 0.05) is 25.0 Å². The fraction of sp³-hybridized carbons (Fsp3) is 0.364. The zero-order valence-corrected chi connectivity index (χ0v) is 11.5. The molecule has 0 bridgehead atoms. The fourth-order valence-electron chi connectivity index (χ4n) is 1.63. The average molecular weight is 300 g/mol. The maximum Gasteiger partial charge on any atom is 0.0701 e. The zero-order chi connectivity index (χ0) is 11.5. The highest BCUT2D eigenvalue weighted by atomic mass is 79.9. The molecule has 0 saturated carbocycles. The molecule has 3 nitrogen and oxygen atoms in total. The Kier molecular flexibility index (Phi) is 3.78. The van der Waals surface area contributed by atoms with Gasteiger partial charge in [-0.2, -0.15) is 5.10 Å². The van der Waals surface area contributed by atoms with Crippen molar-refractivity contribution in [3.8, 4) is 0 Å². The van der Waals surface area contributed by atoms with Crippen LogP contribution in [0.5, 0.6) is 0 Å². The summed E-state index contributed by atoms with van der Waals surface area (Å²) in [5, 5.41) is 6.25. The number of nitrogens with two attached hydrogens (primary N) is 1. The van der Waals surface area contributed by atoms with Crippen molar-refractivity contribution in [2.45, 2.75) is 18.9 Å². The van der Waals surface area contributed by atoms with Gasteiger partial charge in [-0.1, -0.05) is 0 Å². The van der Waals surface area contributed by atoms with Crippen molar-refractivity contribution in [3.05, 3.63) is 38.8 Å². The Hall–Kier alpha value is -0.650. The van der Waals surface area contributed by atoms with E-state index in [2.05, 4.69) is 32.5 Å². The number of hydrogen-bond acceptors (Lipinski definition) is 3. The van der Waals surface area contributed by atoms with E-state index >= 15 is 0 Å². The summed E-state index contributed by atoms with van der Waals surface area (Å²) >= 11 is 5.13. The van der Waals surface area contributed by atoms with Crippen LogP contribution in [0.2, 0.25) is 0 Å².